The quantitative estimate of drug-likeness (QED) is 0.0356. The van der Waals surface area contributed by atoms with Crippen molar-refractivity contribution in [2.45, 2.75) is 71.3 Å². The third-order valence-corrected chi connectivity index (χ3v) is 18.5. The van der Waals surface area contributed by atoms with Crippen molar-refractivity contribution in [3.05, 3.63) is 129 Å². The molecule has 0 aliphatic heterocycles. The molecule has 0 bridgehead atoms. The summed E-state index contributed by atoms with van der Waals surface area (Å²) in [5, 5.41) is 53.5. The number of aliphatic hydroxyl groups excluding tert-OH is 2. The van der Waals surface area contributed by atoms with Gasteiger partial charge in [-0.2, -0.15) is 30.6 Å². The molecule has 21 nitrogen and oxygen atoms in total. The molecular weight excluding hydrogens is 1060 g/mol. The predicted molar refractivity (Wildman–Crippen MR) is 311 cm³/mol. The number of nitrogens with two attached hydrogens (primary N) is 3. The summed E-state index contributed by atoms with van der Waals surface area (Å²) in [5.74, 6) is 1.40. The van der Waals surface area contributed by atoms with E-state index in [0.29, 0.717) is 48.4 Å². The molecule has 0 aliphatic rings. The monoisotopic (exact) mass is 1120 g/mol. The highest BCUT2D eigenvalue weighted by Gasteiger charge is 2.36. The second-order valence-electron chi connectivity index (χ2n) is 19.7. The number of anilines is 3. The van der Waals surface area contributed by atoms with Crippen LogP contribution in [0.2, 0.25) is 18.1 Å². The van der Waals surface area contributed by atoms with Gasteiger partial charge in [0.05, 0.1) is 73.2 Å². The van der Waals surface area contributed by atoms with Gasteiger partial charge in [0.2, 0.25) is 0 Å². The number of H-pyrrole nitrogens is 1. The molecule has 398 valence electrons. The second kappa shape index (κ2) is 23.4. The Morgan fingerprint density at radius 2 is 1.14 bits per heavy atom. The summed E-state index contributed by atoms with van der Waals surface area (Å²) < 4.78 is 15.0. The summed E-state index contributed by atoms with van der Waals surface area (Å²) in [7, 11) is -1.46. The number of alkyl halides is 1. The number of hydrogen-bond donors (Lipinski definition) is 6. The first-order valence-electron chi connectivity index (χ1n) is 25.2. The van der Waals surface area contributed by atoms with E-state index < -0.39 is 8.32 Å². The van der Waals surface area contributed by atoms with Crippen molar-refractivity contribution in [3.8, 4) is 17.1 Å². The molecule has 3 aromatic carbocycles. The van der Waals surface area contributed by atoms with Gasteiger partial charge in [-0.25, -0.2) is 29.0 Å². The maximum absolute atomic E-state index is 9.06. The molecule has 12 aromatic rings. The van der Waals surface area contributed by atoms with Crippen LogP contribution in [0.3, 0.4) is 0 Å². The number of fused-ring (bicyclic) bond motifs is 9. The third kappa shape index (κ3) is 11.8. The van der Waals surface area contributed by atoms with Gasteiger partial charge in [-0.15, -0.1) is 0 Å². The maximum atomic E-state index is 9.06. The standard InChI is InChI=1S/2C16H16N6O.C13H10N6.C9H21BrOSi/c17-16-13-10-21(6-2-8-23)20-15(13)12-4-3-11(9-14(12)19-16)22-7-1-5-18-22;17-16-13-10-19-22(7-2-8-23)15(13)12-4-3-11(9-14(12)20-16)21-6-1-5-18-21;14-13-10-7-15-18-12(10)9-3-2-8(6-11(9)17-13)19-5-1-4-16-19;1-9(2,3)12(4,5)11-8-6-7-10/h1,3-5,7,9-10,23H,2,6,8H2,(H2,17,19);1,3-6,9-10,23H,2,7-8H2,(H2,17,20);1-7H,(H2,14,17)(H,15,18);6-8H2,1-5H3. The predicted octanol–water partition coefficient (Wildman–Crippen LogP) is 9.14. The number of aryl methyl sites for hydroxylation is 2. The Kier molecular flexibility index (Phi) is 16.3. The number of halogens is 1. The minimum absolute atomic E-state index is 0.128. The van der Waals surface area contributed by atoms with Crippen LogP contribution in [0.4, 0.5) is 17.5 Å². The average Bonchev–Trinajstić information content (AvgIpc) is 4.29. The fourth-order valence-electron chi connectivity index (χ4n) is 8.40. The lowest BCUT2D eigenvalue weighted by Crippen LogP contribution is -2.41. The summed E-state index contributed by atoms with van der Waals surface area (Å²) in [4.78, 5) is 13.4. The van der Waals surface area contributed by atoms with Crippen molar-refractivity contribution in [1.29, 1.82) is 0 Å². The van der Waals surface area contributed by atoms with E-state index in [1.54, 1.807) is 49.7 Å². The fraction of sp³-hybridized carbons (Fsp3) is 0.278. The molecule has 0 saturated heterocycles. The highest BCUT2D eigenvalue weighted by atomic mass is 79.9. The van der Waals surface area contributed by atoms with Gasteiger partial charge in [-0.3, -0.25) is 14.5 Å². The molecule has 0 unspecified atom stereocenters. The number of aliphatic hydroxyl groups is 2. The van der Waals surface area contributed by atoms with Gasteiger partial charge in [-0.1, -0.05) is 36.7 Å². The Labute approximate surface area is 452 Å². The van der Waals surface area contributed by atoms with Crippen molar-refractivity contribution in [3.63, 3.8) is 0 Å². The number of aromatic nitrogens is 15. The number of hydrogen-bond acceptors (Lipinski definition) is 15. The Balaban J connectivity index is 0.000000128. The second-order valence-corrected chi connectivity index (χ2v) is 25.3. The Morgan fingerprint density at radius 3 is 1.69 bits per heavy atom. The van der Waals surface area contributed by atoms with E-state index >= 15 is 0 Å². The summed E-state index contributed by atoms with van der Waals surface area (Å²) in [6.45, 7) is 13.9. The molecule has 9 N–H and O–H groups in total. The number of aromatic amines is 1. The van der Waals surface area contributed by atoms with Crippen molar-refractivity contribution >= 4 is 107 Å². The maximum Gasteiger partial charge on any atom is 0.191 e. The Morgan fingerprint density at radius 1 is 0.623 bits per heavy atom. The summed E-state index contributed by atoms with van der Waals surface area (Å²) in [6, 6.07) is 23.5. The van der Waals surface area contributed by atoms with Crippen LogP contribution in [0.5, 0.6) is 0 Å². The van der Waals surface area contributed by atoms with Crippen LogP contribution in [0.15, 0.2) is 129 Å². The van der Waals surface area contributed by atoms with E-state index in [9.17, 15) is 0 Å². The average molecular weight is 1120 g/mol. The van der Waals surface area contributed by atoms with Gasteiger partial charge in [0.15, 0.2) is 8.32 Å². The van der Waals surface area contributed by atoms with Gasteiger partial charge in [0.1, 0.15) is 23.0 Å². The zero-order chi connectivity index (χ0) is 54.3. The first kappa shape index (κ1) is 53.7. The van der Waals surface area contributed by atoms with Crippen LogP contribution in [0, 0.1) is 0 Å². The number of rotatable bonds is 13. The molecule has 0 spiro atoms. The SMILES string of the molecule is CC(C)(C)[Si](C)(C)OCCCBr.Nc1nc2cc(-n3cccn3)ccc2c2[nH]ncc12.Nc1nc2cc(-n3cccn3)ccc2c2c1cnn2CCCO.Nc1nc2cc(-n3cccn3)ccc2c2nn(CCCO)cc12. The Bertz CT molecular complexity index is 3870. The lowest BCUT2D eigenvalue weighted by atomic mass is 10.1. The number of benzene rings is 3. The van der Waals surface area contributed by atoms with Crippen molar-refractivity contribution < 1.29 is 14.6 Å². The van der Waals surface area contributed by atoms with Crippen LogP contribution in [-0.2, 0) is 17.5 Å². The van der Waals surface area contributed by atoms with Gasteiger partial charge in [0.25, 0.3) is 0 Å². The van der Waals surface area contributed by atoms with Crippen LogP contribution in [0.1, 0.15) is 40.0 Å². The lowest BCUT2D eigenvalue weighted by Gasteiger charge is -2.36. The largest absolute Gasteiger partial charge is 0.417 e. The first-order valence-corrected chi connectivity index (χ1v) is 29.3. The Hall–Kier alpha value is -8.09. The molecule has 0 radical (unpaired) electrons. The summed E-state index contributed by atoms with van der Waals surface area (Å²) in [5.41, 5.74) is 26.0. The van der Waals surface area contributed by atoms with E-state index in [-0.39, 0.29) is 13.2 Å². The molecule has 0 amide bonds. The molecule has 0 saturated carbocycles. The highest BCUT2D eigenvalue weighted by molar-refractivity contribution is 9.09. The zero-order valence-electron chi connectivity index (χ0n) is 43.7. The minimum atomic E-state index is -1.46. The van der Waals surface area contributed by atoms with E-state index in [1.807, 2.05) is 102 Å². The van der Waals surface area contributed by atoms with Gasteiger partial charge < -0.3 is 31.8 Å². The number of pyridine rings is 3. The normalized spacial score (nSPS) is 11.8. The first-order chi connectivity index (χ1) is 37.2. The van der Waals surface area contributed by atoms with Gasteiger partial charge in [0, 0.05) is 97.8 Å². The zero-order valence-corrected chi connectivity index (χ0v) is 46.2. The molecule has 23 heteroatoms. The van der Waals surface area contributed by atoms with E-state index in [0.717, 1.165) is 101 Å². The van der Waals surface area contributed by atoms with Crippen LogP contribution >= 0.6 is 15.9 Å². The van der Waals surface area contributed by atoms with Crippen molar-refractivity contribution in [1.82, 2.24) is 74.1 Å². The van der Waals surface area contributed by atoms with Crippen LogP contribution in [-0.4, -0.2) is 118 Å². The van der Waals surface area contributed by atoms with Gasteiger partial charge >= 0.3 is 0 Å². The molecule has 9 aromatic heterocycles. The van der Waals surface area contributed by atoms with Crippen LogP contribution in [0.25, 0.3) is 82.5 Å². The highest BCUT2D eigenvalue weighted by Crippen LogP contribution is 2.37. The number of nitrogen functional groups attached to an aromatic ring is 3. The van der Waals surface area contributed by atoms with Gasteiger partial charge in [-0.05, 0) is 110 Å². The van der Waals surface area contributed by atoms with E-state index in [1.165, 1.54) is 0 Å². The molecule has 0 aliphatic carbocycles. The molecule has 77 heavy (non-hydrogen) atoms. The van der Waals surface area contributed by atoms with Crippen LogP contribution < -0.4 is 17.2 Å². The molecule has 9 heterocycles. The summed E-state index contributed by atoms with van der Waals surface area (Å²) >= 11 is 3.40. The molecule has 0 atom stereocenters. The topological polar surface area (TPSA) is 284 Å². The van der Waals surface area contributed by atoms with E-state index in [4.69, 9.17) is 31.8 Å². The summed E-state index contributed by atoms with van der Waals surface area (Å²) in [6.07, 6.45) is 18.6. The van der Waals surface area contributed by atoms with Crippen molar-refractivity contribution in [2.75, 3.05) is 42.4 Å². The molecular formula is C54H63BrN18O3Si. The molecule has 0 fully saturated rings. The fourth-order valence-corrected chi connectivity index (χ4v) is 9.71. The van der Waals surface area contributed by atoms with Crippen molar-refractivity contribution in [2.24, 2.45) is 0 Å². The lowest BCUT2D eigenvalue weighted by molar-refractivity contribution is 0.277. The third-order valence-electron chi connectivity index (χ3n) is 13.4. The number of nitrogens with zero attached hydrogens (tertiary/aromatic N) is 14. The minimum Gasteiger partial charge on any atom is -0.417 e. The smallest absolute Gasteiger partial charge is 0.191 e. The van der Waals surface area contributed by atoms with E-state index in [2.05, 4.69) is 100 Å². The molecule has 12 rings (SSSR count). The number of nitrogens with one attached hydrogen (secondary N) is 1.